The van der Waals surface area contributed by atoms with Crippen LogP contribution in [0.5, 0.6) is 0 Å². The Hall–Kier alpha value is -0.825. The predicted molar refractivity (Wildman–Crippen MR) is 47.8 cm³/mol. The van der Waals surface area contributed by atoms with Crippen LogP contribution in [0.1, 0.15) is 11.3 Å². The van der Waals surface area contributed by atoms with Gasteiger partial charge in [-0.25, -0.2) is 0 Å². The number of pyridine rings is 1. The average molecular weight is 146 g/mol. The quantitative estimate of drug-likeness (QED) is 0.474. The molecule has 0 aliphatic carbocycles. The van der Waals surface area contributed by atoms with Crippen LogP contribution in [0.25, 0.3) is 0 Å². The highest BCUT2D eigenvalue weighted by Crippen LogP contribution is 2.07. The zero-order chi connectivity index (χ0) is 7.68. The molecule has 1 aliphatic heterocycles. The molecule has 0 radical (unpaired) electrons. The standard InChI is InChI=1S/C8H11BN2/c9-8-2-1-6-3-4-10-5-7(6)11-8/h1-2,10H,3-5,9H2. The van der Waals surface area contributed by atoms with Gasteiger partial charge in [0.25, 0.3) is 0 Å². The van der Waals surface area contributed by atoms with Crippen molar-refractivity contribution < 1.29 is 0 Å². The molecule has 1 N–H and O–H groups in total. The molecule has 0 saturated carbocycles. The maximum atomic E-state index is 4.45. The zero-order valence-electron chi connectivity index (χ0n) is 6.72. The summed E-state index contributed by atoms with van der Waals surface area (Å²) in [6, 6.07) is 4.28. The number of aromatic nitrogens is 1. The average Bonchev–Trinajstić information content (AvgIpc) is 2.04. The molecule has 0 amide bonds. The van der Waals surface area contributed by atoms with Gasteiger partial charge in [-0.3, -0.25) is 4.98 Å². The lowest BCUT2D eigenvalue weighted by Gasteiger charge is -2.15. The number of hydrogen-bond acceptors (Lipinski definition) is 2. The van der Waals surface area contributed by atoms with Gasteiger partial charge in [-0.05, 0) is 24.1 Å². The maximum absolute atomic E-state index is 4.45. The van der Waals surface area contributed by atoms with Crippen molar-refractivity contribution in [2.45, 2.75) is 13.0 Å². The van der Waals surface area contributed by atoms with Crippen LogP contribution >= 0.6 is 0 Å². The lowest BCUT2D eigenvalue weighted by molar-refractivity contribution is 0.629. The first-order chi connectivity index (χ1) is 5.36. The third-order valence-corrected chi connectivity index (χ3v) is 2.07. The van der Waals surface area contributed by atoms with Crippen LogP contribution < -0.4 is 10.9 Å². The second-order valence-corrected chi connectivity index (χ2v) is 2.99. The van der Waals surface area contributed by atoms with Crippen molar-refractivity contribution in [3.05, 3.63) is 23.4 Å². The van der Waals surface area contributed by atoms with Crippen LogP contribution in [-0.2, 0) is 13.0 Å². The zero-order valence-corrected chi connectivity index (χ0v) is 6.72. The molecular formula is C8H11BN2. The van der Waals surface area contributed by atoms with Crippen LogP contribution in [0.4, 0.5) is 0 Å². The molecule has 2 nitrogen and oxygen atoms in total. The van der Waals surface area contributed by atoms with Crippen LogP contribution in [0.3, 0.4) is 0 Å². The Balaban J connectivity index is 2.43. The van der Waals surface area contributed by atoms with E-state index in [1.165, 1.54) is 11.3 Å². The fraction of sp³-hybridized carbons (Fsp3) is 0.375. The van der Waals surface area contributed by atoms with Gasteiger partial charge in [-0.2, -0.15) is 0 Å². The van der Waals surface area contributed by atoms with E-state index in [0.29, 0.717) is 0 Å². The Morgan fingerprint density at radius 3 is 3.27 bits per heavy atom. The lowest BCUT2D eigenvalue weighted by Crippen LogP contribution is -2.27. The SMILES string of the molecule is Bc1ccc2c(n1)CNCC2. The first-order valence-corrected chi connectivity index (χ1v) is 4.02. The van der Waals surface area contributed by atoms with E-state index in [1.807, 2.05) is 7.85 Å². The van der Waals surface area contributed by atoms with Gasteiger partial charge in [-0.1, -0.05) is 12.1 Å². The summed E-state index contributed by atoms with van der Waals surface area (Å²) >= 11 is 0. The molecule has 0 bridgehead atoms. The monoisotopic (exact) mass is 146 g/mol. The van der Waals surface area contributed by atoms with E-state index in [9.17, 15) is 0 Å². The highest BCUT2D eigenvalue weighted by molar-refractivity contribution is 6.30. The van der Waals surface area contributed by atoms with E-state index in [2.05, 4.69) is 22.4 Å². The fourth-order valence-corrected chi connectivity index (χ4v) is 1.45. The number of fused-ring (bicyclic) bond motifs is 1. The van der Waals surface area contributed by atoms with E-state index in [-0.39, 0.29) is 0 Å². The largest absolute Gasteiger partial charge is 0.311 e. The molecule has 2 heterocycles. The summed E-state index contributed by atoms with van der Waals surface area (Å²) in [6.07, 6.45) is 1.13. The topological polar surface area (TPSA) is 24.9 Å². The summed E-state index contributed by atoms with van der Waals surface area (Å²) < 4.78 is 0. The summed E-state index contributed by atoms with van der Waals surface area (Å²) in [5.74, 6) is 0. The third kappa shape index (κ3) is 1.28. The molecule has 1 aromatic heterocycles. The van der Waals surface area contributed by atoms with E-state index in [1.54, 1.807) is 0 Å². The molecule has 0 fully saturated rings. The Morgan fingerprint density at radius 1 is 1.45 bits per heavy atom. The summed E-state index contributed by atoms with van der Waals surface area (Å²) in [5, 5.41) is 3.31. The minimum absolute atomic E-state index is 0.941. The van der Waals surface area contributed by atoms with Gasteiger partial charge >= 0.3 is 0 Å². The first kappa shape index (κ1) is 6.86. The molecule has 56 valence electrons. The number of nitrogens with zero attached hydrogens (tertiary/aromatic N) is 1. The molecule has 0 aromatic carbocycles. The van der Waals surface area contributed by atoms with Crippen molar-refractivity contribution >= 4 is 13.4 Å². The lowest BCUT2D eigenvalue weighted by atomic mass is 9.99. The van der Waals surface area contributed by atoms with Crippen LogP contribution in [-0.4, -0.2) is 19.4 Å². The Labute approximate surface area is 67.4 Å². The van der Waals surface area contributed by atoms with E-state index < -0.39 is 0 Å². The van der Waals surface area contributed by atoms with Crippen LogP contribution in [0, 0.1) is 0 Å². The van der Waals surface area contributed by atoms with Gasteiger partial charge in [-0.15, -0.1) is 0 Å². The van der Waals surface area contributed by atoms with E-state index >= 15 is 0 Å². The predicted octanol–water partition coefficient (Wildman–Crippen LogP) is -1.01. The molecule has 1 aromatic rings. The minimum Gasteiger partial charge on any atom is -0.311 e. The van der Waals surface area contributed by atoms with Gasteiger partial charge in [0.05, 0.1) is 5.69 Å². The molecule has 3 heteroatoms. The van der Waals surface area contributed by atoms with Crippen molar-refractivity contribution in [2.75, 3.05) is 6.54 Å². The van der Waals surface area contributed by atoms with Gasteiger partial charge in [0.2, 0.25) is 0 Å². The molecule has 0 unspecified atom stereocenters. The molecule has 2 rings (SSSR count). The molecule has 1 aliphatic rings. The summed E-state index contributed by atoms with van der Waals surface area (Å²) in [7, 11) is 2.04. The van der Waals surface area contributed by atoms with Gasteiger partial charge < -0.3 is 5.32 Å². The van der Waals surface area contributed by atoms with Crippen molar-refractivity contribution in [1.82, 2.24) is 10.3 Å². The Bertz CT molecular complexity index is 273. The van der Waals surface area contributed by atoms with Gasteiger partial charge in [0, 0.05) is 6.54 Å². The van der Waals surface area contributed by atoms with Crippen LogP contribution in [0.15, 0.2) is 12.1 Å². The number of nitrogens with one attached hydrogen (secondary N) is 1. The molecular weight excluding hydrogens is 135 g/mol. The first-order valence-electron chi connectivity index (χ1n) is 4.02. The highest BCUT2D eigenvalue weighted by atomic mass is 14.9. The van der Waals surface area contributed by atoms with Crippen LogP contribution in [0.2, 0.25) is 0 Å². The van der Waals surface area contributed by atoms with E-state index in [4.69, 9.17) is 0 Å². The smallest absolute Gasteiger partial charge is 0.163 e. The van der Waals surface area contributed by atoms with Crippen molar-refractivity contribution in [1.29, 1.82) is 0 Å². The number of rotatable bonds is 0. The second kappa shape index (κ2) is 2.66. The Kier molecular flexibility index (Phi) is 1.66. The minimum atomic E-state index is 0.941. The molecule has 11 heavy (non-hydrogen) atoms. The summed E-state index contributed by atoms with van der Waals surface area (Å²) in [6.45, 7) is 2.04. The van der Waals surface area contributed by atoms with Crippen molar-refractivity contribution in [3.63, 3.8) is 0 Å². The van der Waals surface area contributed by atoms with Crippen molar-refractivity contribution in [3.8, 4) is 0 Å². The molecule has 0 atom stereocenters. The summed E-state index contributed by atoms with van der Waals surface area (Å²) in [5.41, 5.74) is 3.76. The van der Waals surface area contributed by atoms with Gasteiger partial charge in [0.15, 0.2) is 7.85 Å². The number of hydrogen-bond donors (Lipinski definition) is 1. The normalized spacial score (nSPS) is 16.0. The third-order valence-electron chi connectivity index (χ3n) is 2.07. The van der Waals surface area contributed by atoms with Gasteiger partial charge in [0.1, 0.15) is 0 Å². The maximum Gasteiger partial charge on any atom is 0.163 e. The van der Waals surface area contributed by atoms with Crippen molar-refractivity contribution in [2.24, 2.45) is 0 Å². The fourth-order valence-electron chi connectivity index (χ4n) is 1.45. The Morgan fingerprint density at radius 2 is 2.36 bits per heavy atom. The molecule has 0 spiro atoms. The van der Waals surface area contributed by atoms with E-state index in [0.717, 1.165) is 25.1 Å². The molecule has 0 saturated heterocycles. The second-order valence-electron chi connectivity index (χ2n) is 2.99. The summed E-state index contributed by atoms with van der Waals surface area (Å²) in [4.78, 5) is 4.45. The highest BCUT2D eigenvalue weighted by Gasteiger charge is 2.08.